The van der Waals surface area contributed by atoms with Crippen LogP contribution >= 0.6 is 12.4 Å². The maximum atomic E-state index is 13.4. The van der Waals surface area contributed by atoms with E-state index in [2.05, 4.69) is 11.8 Å². The van der Waals surface area contributed by atoms with Crippen LogP contribution in [0.2, 0.25) is 0 Å². The SMILES string of the molecule is CCCCCN1CC[C@H](c2ccc(F)cc2)[C@H](COc2ccc3c(c2)OCO3)C1.Cl. The number of ether oxygens (including phenoxy) is 3. The molecule has 0 saturated carbocycles. The van der Waals surface area contributed by atoms with Gasteiger partial charge in [0.1, 0.15) is 11.6 Å². The molecule has 2 aromatic carbocycles. The third-order valence-corrected chi connectivity index (χ3v) is 6.00. The molecule has 0 unspecified atom stereocenters. The largest absolute Gasteiger partial charge is 0.493 e. The molecule has 2 aliphatic heterocycles. The molecule has 2 aliphatic rings. The van der Waals surface area contributed by atoms with Crippen molar-refractivity contribution in [1.29, 1.82) is 0 Å². The van der Waals surface area contributed by atoms with E-state index in [1.807, 2.05) is 30.3 Å². The van der Waals surface area contributed by atoms with Gasteiger partial charge in [-0.2, -0.15) is 0 Å². The van der Waals surface area contributed by atoms with Crippen LogP contribution in [0.5, 0.6) is 17.2 Å². The van der Waals surface area contributed by atoms with Crippen LogP contribution in [-0.2, 0) is 0 Å². The number of halogens is 2. The normalized spacial score (nSPS) is 20.6. The van der Waals surface area contributed by atoms with Crippen molar-refractivity contribution in [2.45, 2.75) is 38.5 Å². The quantitative estimate of drug-likeness (QED) is 0.501. The number of hydrogen-bond acceptors (Lipinski definition) is 4. The molecule has 0 N–H and O–H groups in total. The molecule has 0 aliphatic carbocycles. The Labute approximate surface area is 184 Å². The molecule has 1 fully saturated rings. The molecule has 2 atom stereocenters. The van der Waals surface area contributed by atoms with E-state index in [-0.39, 0.29) is 25.0 Å². The molecule has 2 aromatic rings. The van der Waals surface area contributed by atoms with E-state index in [4.69, 9.17) is 14.2 Å². The van der Waals surface area contributed by atoms with E-state index in [1.165, 1.54) is 24.8 Å². The first-order chi connectivity index (χ1) is 14.2. The van der Waals surface area contributed by atoms with E-state index in [1.54, 1.807) is 12.1 Å². The molecule has 0 spiro atoms. The summed E-state index contributed by atoms with van der Waals surface area (Å²) in [6.07, 6.45) is 4.83. The summed E-state index contributed by atoms with van der Waals surface area (Å²) in [7, 11) is 0. The second-order valence-electron chi connectivity index (χ2n) is 8.04. The highest BCUT2D eigenvalue weighted by atomic mass is 35.5. The molecule has 1 saturated heterocycles. The van der Waals surface area contributed by atoms with Gasteiger partial charge in [0.05, 0.1) is 6.61 Å². The van der Waals surface area contributed by atoms with Gasteiger partial charge in [-0.1, -0.05) is 31.9 Å². The molecule has 2 heterocycles. The van der Waals surface area contributed by atoms with Gasteiger partial charge in [0.25, 0.3) is 0 Å². The molecular weight excluding hydrogens is 405 g/mol. The van der Waals surface area contributed by atoms with Crippen molar-refractivity contribution in [3.05, 3.63) is 53.8 Å². The first-order valence-corrected chi connectivity index (χ1v) is 10.7. The molecule has 4 nitrogen and oxygen atoms in total. The lowest BCUT2D eigenvalue weighted by molar-refractivity contribution is 0.109. The lowest BCUT2D eigenvalue weighted by atomic mass is 9.80. The van der Waals surface area contributed by atoms with Crippen LogP contribution in [0.1, 0.15) is 44.1 Å². The number of rotatable bonds is 8. The minimum atomic E-state index is -0.182. The maximum Gasteiger partial charge on any atom is 0.231 e. The molecule has 0 aromatic heterocycles. The Bertz CT molecular complexity index is 802. The Morgan fingerprint density at radius 2 is 1.87 bits per heavy atom. The highest BCUT2D eigenvalue weighted by Crippen LogP contribution is 2.37. The zero-order chi connectivity index (χ0) is 20.1. The van der Waals surface area contributed by atoms with Gasteiger partial charge in [0, 0.05) is 18.5 Å². The van der Waals surface area contributed by atoms with Crippen LogP contribution in [0.25, 0.3) is 0 Å². The second-order valence-corrected chi connectivity index (χ2v) is 8.04. The van der Waals surface area contributed by atoms with Crippen molar-refractivity contribution in [2.24, 2.45) is 5.92 Å². The number of likely N-dealkylation sites (tertiary alicyclic amines) is 1. The van der Waals surface area contributed by atoms with E-state index in [0.29, 0.717) is 18.4 Å². The zero-order valence-electron chi connectivity index (χ0n) is 17.5. The molecular formula is C24H31ClFNO3. The monoisotopic (exact) mass is 435 g/mol. The molecule has 4 rings (SSSR count). The second kappa shape index (κ2) is 10.9. The van der Waals surface area contributed by atoms with E-state index < -0.39 is 0 Å². The van der Waals surface area contributed by atoms with Crippen LogP contribution < -0.4 is 14.2 Å². The van der Waals surface area contributed by atoms with Gasteiger partial charge in [0.15, 0.2) is 11.5 Å². The molecule has 0 radical (unpaired) electrons. The average molecular weight is 436 g/mol. The summed E-state index contributed by atoms with van der Waals surface area (Å²) in [4.78, 5) is 2.56. The Morgan fingerprint density at radius 3 is 2.67 bits per heavy atom. The van der Waals surface area contributed by atoms with Gasteiger partial charge in [-0.05, 0) is 61.7 Å². The molecule has 30 heavy (non-hydrogen) atoms. The van der Waals surface area contributed by atoms with Gasteiger partial charge in [-0.3, -0.25) is 0 Å². The summed E-state index contributed by atoms with van der Waals surface area (Å²) in [6.45, 7) is 6.38. The Morgan fingerprint density at radius 1 is 1.07 bits per heavy atom. The summed E-state index contributed by atoms with van der Waals surface area (Å²) in [6, 6.07) is 12.7. The van der Waals surface area contributed by atoms with Gasteiger partial charge in [0.2, 0.25) is 6.79 Å². The van der Waals surface area contributed by atoms with E-state index in [0.717, 1.165) is 43.3 Å². The Hall–Kier alpha value is -1.98. The number of benzene rings is 2. The number of unbranched alkanes of at least 4 members (excludes halogenated alkanes) is 2. The fourth-order valence-corrected chi connectivity index (χ4v) is 4.38. The lowest BCUT2D eigenvalue weighted by Gasteiger charge is -2.39. The molecule has 0 bridgehead atoms. The number of nitrogens with zero attached hydrogens (tertiary/aromatic N) is 1. The predicted molar refractivity (Wildman–Crippen MR) is 119 cm³/mol. The molecule has 0 amide bonds. The smallest absolute Gasteiger partial charge is 0.231 e. The first kappa shape index (κ1) is 22.7. The summed E-state index contributed by atoms with van der Waals surface area (Å²) >= 11 is 0. The average Bonchev–Trinajstić information content (AvgIpc) is 3.21. The van der Waals surface area contributed by atoms with Gasteiger partial charge in [-0.25, -0.2) is 4.39 Å². The highest BCUT2D eigenvalue weighted by molar-refractivity contribution is 5.85. The lowest BCUT2D eigenvalue weighted by Crippen LogP contribution is -2.42. The number of hydrogen-bond donors (Lipinski definition) is 0. The van der Waals surface area contributed by atoms with Crippen LogP contribution in [0, 0.1) is 11.7 Å². The van der Waals surface area contributed by atoms with Crippen LogP contribution in [0.3, 0.4) is 0 Å². The van der Waals surface area contributed by atoms with Crippen molar-refractivity contribution in [1.82, 2.24) is 4.90 Å². The Kier molecular flexibility index (Phi) is 8.23. The third-order valence-electron chi connectivity index (χ3n) is 6.00. The fraction of sp³-hybridized carbons (Fsp3) is 0.500. The first-order valence-electron chi connectivity index (χ1n) is 10.7. The summed E-state index contributed by atoms with van der Waals surface area (Å²) in [5.74, 6) is 2.87. The van der Waals surface area contributed by atoms with Crippen molar-refractivity contribution in [2.75, 3.05) is 33.0 Å². The van der Waals surface area contributed by atoms with Crippen LogP contribution in [0.4, 0.5) is 4.39 Å². The van der Waals surface area contributed by atoms with Crippen molar-refractivity contribution in [3.8, 4) is 17.2 Å². The maximum absolute atomic E-state index is 13.4. The third kappa shape index (κ3) is 5.58. The van der Waals surface area contributed by atoms with Crippen LogP contribution in [-0.4, -0.2) is 37.9 Å². The van der Waals surface area contributed by atoms with Crippen molar-refractivity contribution in [3.63, 3.8) is 0 Å². The van der Waals surface area contributed by atoms with Gasteiger partial charge >= 0.3 is 0 Å². The minimum Gasteiger partial charge on any atom is -0.493 e. The van der Waals surface area contributed by atoms with Gasteiger partial charge < -0.3 is 19.1 Å². The van der Waals surface area contributed by atoms with Crippen molar-refractivity contribution < 1.29 is 18.6 Å². The summed E-state index contributed by atoms with van der Waals surface area (Å²) < 4.78 is 30.4. The van der Waals surface area contributed by atoms with Crippen LogP contribution in [0.15, 0.2) is 42.5 Å². The van der Waals surface area contributed by atoms with E-state index >= 15 is 0 Å². The van der Waals surface area contributed by atoms with Gasteiger partial charge in [-0.15, -0.1) is 12.4 Å². The van der Waals surface area contributed by atoms with E-state index in [9.17, 15) is 4.39 Å². The standard InChI is InChI=1S/C24H30FNO3.ClH/c1-2-3-4-12-26-13-11-22(18-5-7-20(25)8-6-18)19(15-26)16-27-21-9-10-23-24(14-21)29-17-28-23;/h5-10,14,19,22H,2-4,11-13,15-17H2,1H3;1H/t19-,22+;/m0./s1. The predicted octanol–water partition coefficient (Wildman–Crippen LogP) is 5.65. The van der Waals surface area contributed by atoms with Crippen molar-refractivity contribution >= 4 is 12.4 Å². The highest BCUT2D eigenvalue weighted by Gasteiger charge is 2.31. The summed E-state index contributed by atoms with van der Waals surface area (Å²) in [5, 5.41) is 0. The number of fused-ring (bicyclic) bond motifs is 1. The fourth-order valence-electron chi connectivity index (χ4n) is 4.38. The zero-order valence-corrected chi connectivity index (χ0v) is 18.3. The minimum absolute atomic E-state index is 0. The summed E-state index contributed by atoms with van der Waals surface area (Å²) in [5.41, 5.74) is 1.21. The topological polar surface area (TPSA) is 30.9 Å². The number of piperidine rings is 1. The Balaban J connectivity index is 0.00000256. The molecule has 164 valence electrons. The molecule has 6 heteroatoms.